The Kier molecular flexibility index (Phi) is 5.08. The fraction of sp³-hybridized carbons (Fsp3) is 0.238. The van der Waals surface area contributed by atoms with Crippen LogP contribution in [0.5, 0.6) is 0 Å². The van der Waals surface area contributed by atoms with Crippen molar-refractivity contribution in [2.45, 2.75) is 11.8 Å². The summed E-state index contributed by atoms with van der Waals surface area (Å²) in [6.45, 7) is 3.16. The van der Waals surface area contributed by atoms with Gasteiger partial charge in [0.2, 0.25) is 10.0 Å². The van der Waals surface area contributed by atoms with Gasteiger partial charge in [-0.25, -0.2) is 18.2 Å². The van der Waals surface area contributed by atoms with Crippen LogP contribution in [0.3, 0.4) is 0 Å². The molecule has 0 atom stereocenters. The lowest BCUT2D eigenvalue weighted by atomic mass is 10.0. The van der Waals surface area contributed by atoms with Crippen molar-refractivity contribution in [3.05, 3.63) is 59.7 Å². The van der Waals surface area contributed by atoms with Gasteiger partial charge in [0.1, 0.15) is 0 Å². The van der Waals surface area contributed by atoms with E-state index in [-0.39, 0.29) is 23.5 Å². The average Bonchev–Trinajstić information content (AvgIpc) is 2.73. The number of sulfonamides is 1. The SMILES string of the molecule is Cc1ccccc1-c1cc(C(=O)O)c2cc(S(=O)(=O)N3CCOCC3)ccc2n1. The summed E-state index contributed by atoms with van der Waals surface area (Å²) < 4.78 is 32.5. The molecule has 0 unspecified atom stereocenters. The Labute approximate surface area is 168 Å². The van der Waals surface area contributed by atoms with E-state index in [2.05, 4.69) is 4.98 Å². The Bertz CT molecular complexity index is 1200. The van der Waals surface area contributed by atoms with E-state index in [1.807, 2.05) is 31.2 Å². The van der Waals surface area contributed by atoms with Crippen LogP contribution >= 0.6 is 0 Å². The minimum Gasteiger partial charge on any atom is -0.478 e. The number of aryl methyl sites for hydroxylation is 1. The number of hydrogen-bond acceptors (Lipinski definition) is 5. The number of benzene rings is 2. The third-order valence-corrected chi connectivity index (χ3v) is 6.93. The topological polar surface area (TPSA) is 96.8 Å². The maximum absolute atomic E-state index is 12.9. The summed E-state index contributed by atoms with van der Waals surface area (Å²) in [5, 5.41) is 10.1. The Hall–Kier alpha value is -2.81. The average molecular weight is 412 g/mol. The van der Waals surface area contributed by atoms with Crippen LogP contribution in [0.4, 0.5) is 0 Å². The van der Waals surface area contributed by atoms with Gasteiger partial charge in [-0.05, 0) is 36.8 Å². The van der Waals surface area contributed by atoms with E-state index in [4.69, 9.17) is 4.74 Å². The number of pyridine rings is 1. The Morgan fingerprint density at radius 1 is 1.10 bits per heavy atom. The molecule has 1 N–H and O–H groups in total. The van der Waals surface area contributed by atoms with Crippen molar-refractivity contribution in [2.75, 3.05) is 26.3 Å². The van der Waals surface area contributed by atoms with E-state index < -0.39 is 16.0 Å². The molecular weight excluding hydrogens is 392 g/mol. The number of carboxylic acids is 1. The van der Waals surface area contributed by atoms with Crippen LogP contribution in [-0.2, 0) is 14.8 Å². The predicted molar refractivity (Wildman–Crippen MR) is 108 cm³/mol. The summed E-state index contributed by atoms with van der Waals surface area (Å²) in [5.74, 6) is -1.13. The molecule has 0 radical (unpaired) electrons. The molecule has 0 bridgehead atoms. The number of carbonyl (C=O) groups is 1. The number of aromatic carboxylic acids is 1. The van der Waals surface area contributed by atoms with Crippen molar-refractivity contribution in [3.8, 4) is 11.3 Å². The standard InChI is InChI=1S/C21H20N2O5S/c1-14-4-2-3-5-16(14)20-13-18(21(24)25)17-12-15(6-7-19(17)22-20)29(26,27)23-8-10-28-11-9-23/h2-7,12-13H,8-11H2,1H3,(H,24,25). The lowest BCUT2D eigenvalue weighted by Gasteiger charge is -2.26. The zero-order chi connectivity index (χ0) is 20.6. The summed E-state index contributed by atoms with van der Waals surface area (Å²) in [5.41, 5.74) is 2.80. The molecule has 1 saturated heterocycles. The summed E-state index contributed by atoms with van der Waals surface area (Å²) in [6, 6.07) is 13.5. The number of ether oxygens (including phenoxy) is 1. The molecule has 7 nitrogen and oxygen atoms in total. The normalized spacial score (nSPS) is 15.5. The Balaban J connectivity index is 1.87. The molecule has 29 heavy (non-hydrogen) atoms. The van der Waals surface area contributed by atoms with E-state index in [9.17, 15) is 18.3 Å². The van der Waals surface area contributed by atoms with Crippen LogP contribution < -0.4 is 0 Å². The van der Waals surface area contributed by atoms with Gasteiger partial charge in [0, 0.05) is 24.0 Å². The molecule has 1 aliphatic rings. The smallest absolute Gasteiger partial charge is 0.336 e. The van der Waals surface area contributed by atoms with E-state index >= 15 is 0 Å². The number of carboxylic acid groups (broad SMARTS) is 1. The van der Waals surface area contributed by atoms with Crippen molar-refractivity contribution in [2.24, 2.45) is 0 Å². The highest BCUT2D eigenvalue weighted by Gasteiger charge is 2.27. The monoisotopic (exact) mass is 412 g/mol. The van der Waals surface area contributed by atoms with E-state index in [1.165, 1.54) is 22.5 Å². The van der Waals surface area contributed by atoms with Crippen LogP contribution in [0, 0.1) is 6.92 Å². The quantitative estimate of drug-likeness (QED) is 0.708. The van der Waals surface area contributed by atoms with Crippen LogP contribution in [0.2, 0.25) is 0 Å². The highest BCUT2D eigenvalue weighted by atomic mass is 32.2. The third kappa shape index (κ3) is 3.62. The molecule has 4 rings (SSSR count). The molecule has 1 aliphatic heterocycles. The number of hydrogen-bond donors (Lipinski definition) is 1. The van der Waals surface area contributed by atoms with Gasteiger partial charge in [0.15, 0.2) is 0 Å². The third-order valence-electron chi connectivity index (χ3n) is 5.04. The highest BCUT2D eigenvalue weighted by molar-refractivity contribution is 7.89. The minimum absolute atomic E-state index is 0.0206. The molecule has 1 fully saturated rings. The molecule has 2 aromatic carbocycles. The number of rotatable bonds is 4. The first kappa shape index (κ1) is 19.5. The number of morpholine rings is 1. The fourth-order valence-electron chi connectivity index (χ4n) is 3.48. The summed E-state index contributed by atoms with van der Waals surface area (Å²) >= 11 is 0. The molecule has 0 spiro atoms. The van der Waals surface area contributed by atoms with Crippen molar-refractivity contribution >= 4 is 26.9 Å². The molecule has 150 valence electrons. The first-order chi connectivity index (χ1) is 13.9. The number of aromatic nitrogens is 1. The predicted octanol–water partition coefficient (Wildman–Crippen LogP) is 2.93. The number of fused-ring (bicyclic) bond motifs is 1. The number of nitrogens with zero attached hydrogens (tertiary/aromatic N) is 2. The lowest BCUT2D eigenvalue weighted by molar-refractivity contribution is 0.0699. The molecule has 8 heteroatoms. The summed E-state index contributed by atoms with van der Waals surface area (Å²) in [7, 11) is -3.73. The maximum atomic E-state index is 12.9. The van der Waals surface area contributed by atoms with Crippen molar-refractivity contribution in [1.82, 2.24) is 9.29 Å². The van der Waals surface area contributed by atoms with Crippen LogP contribution in [-0.4, -0.2) is 55.1 Å². The molecule has 2 heterocycles. The van der Waals surface area contributed by atoms with E-state index in [0.717, 1.165) is 11.1 Å². The van der Waals surface area contributed by atoms with Crippen molar-refractivity contribution in [1.29, 1.82) is 0 Å². The summed E-state index contributed by atoms with van der Waals surface area (Å²) in [6.07, 6.45) is 0. The second kappa shape index (κ2) is 7.55. The van der Waals surface area contributed by atoms with Gasteiger partial charge in [0.05, 0.1) is 34.9 Å². The fourth-order valence-corrected chi connectivity index (χ4v) is 4.91. The van der Waals surface area contributed by atoms with Gasteiger partial charge in [-0.2, -0.15) is 4.31 Å². The second-order valence-electron chi connectivity index (χ2n) is 6.87. The molecule has 0 saturated carbocycles. The molecule has 3 aromatic rings. The zero-order valence-corrected chi connectivity index (χ0v) is 16.6. The molecular formula is C21H20N2O5S. The molecule has 1 aromatic heterocycles. The van der Waals surface area contributed by atoms with Gasteiger partial charge in [0.25, 0.3) is 0 Å². The lowest BCUT2D eigenvalue weighted by Crippen LogP contribution is -2.40. The van der Waals surface area contributed by atoms with Gasteiger partial charge in [-0.3, -0.25) is 0 Å². The van der Waals surface area contributed by atoms with E-state index in [0.29, 0.717) is 29.8 Å². The van der Waals surface area contributed by atoms with Crippen molar-refractivity contribution < 1.29 is 23.1 Å². The highest BCUT2D eigenvalue weighted by Crippen LogP contribution is 2.29. The van der Waals surface area contributed by atoms with Gasteiger partial charge >= 0.3 is 5.97 Å². The second-order valence-corrected chi connectivity index (χ2v) is 8.81. The van der Waals surface area contributed by atoms with Crippen LogP contribution in [0.15, 0.2) is 53.4 Å². The molecule has 0 amide bonds. The Morgan fingerprint density at radius 3 is 2.52 bits per heavy atom. The van der Waals surface area contributed by atoms with Crippen LogP contribution in [0.25, 0.3) is 22.2 Å². The van der Waals surface area contributed by atoms with Gasteiger partial charge in [-0.1, -0.05) is 24.3 Å². The summed E-state index contributed by atoms with van der Waals surface area (Å²) in [4.78, 5) is 16.6. The van der Waals surface area contributed by atoms with Gasteiger partial charge < -0.3 is 9.84 Å². The van der Waals surface area contributed by atoms with E-state index in [1.54, 1.807) is 6.07 Å². The van der Waals surface area contributed by atoms with Gasteiger partial charge in [-0.15, -0.1) is 0 Å². The minimum atomic E-state index is -3.73. The largest absolute Gasteiger partial charge is 0.478 e. The zero-order valence-electron chi connectivity index (χ0n) is 15.8. The van der Waals surface area contributed by atoms with Crippen LogP contribution in [0.1, 0.15) is 15.9 Å². The first-order valence-electron chi connectivity index (χ1n) is 9.20. The first-order valence-corrected chi connectivity index (χ1v) is 10.6. The maximum Gasteiger partial charge on any atom is 0.336 e. The Morgan fingerprint density at radius 2 is 1.83 bits per heavy atom. The van der Waals surface area contributed by atoms with Crippen molar-refractivity contribution in [3.63, 3.8) is 0 Å². The molecule has 0 aliphatic carbocycles.